The lowest BCUT2D eigenvalue weighted by Crippen LogP contribution is -3.10. The summed E-state index contributed by atoms with van der Waals surface area (Å²) >= 11 is 0. The van der Waals surface area contributed by atoms with E-state index in [-0.39, 0.29) is 0 Å². The van der Waals surface area contributed by atoms with E-state index in [1.54, 1.807) is 0 Å². The van der Waals surface area contributed by atoms with Crippen molar-refractivity contribution in [2.24, 2.45) is 0 Å². The second kappa shape index (κ2) is 4.09. The van der Waals surface area contributed by atoms with Crippen LogP contribution in [0.3, 0.4) is 0 Å². The first kappa shape index (κ1) is 10.5. The van der Waals surface area contributed by atoms with Gasteiger partial charge in [-0.1, -0.05) is 21.8 Å². The molecule has 1 aliphatic rings. The minimum Gasteiger partial charge on any atom is -0.619 e. The number of imide groups is 1. The monoisotopic (exact) mass is 201 g/mol. The highest BCUT2D eigenvalue weighted by Gasteiger charge is 2.34. The van der Waals surface area contributed by atoms with Gasteiger partial charge in [0.1, 0.15) is 0 Å². The summed E-state index contributed by atoms with van der Waals surface area (Å²) in [6.07, 6.45) is 2.93. The number of carbonyl (C=O) groups excluding carboxylic acids is 2. The average Bonchev–Trinajstić information content (AvgIpc) is 2.36. The molecule has 0 aromatic heterocycles. The van der Waals surface area contributed by atoms with E-state index in [9.17, 15) is 14.8 Å². The Hall–Kier alpha value is -0.570. The predicted molar refractivity (Wildman–Crippen MR) is 50.4 cm³/mol. The lowest BCUT2D eigenvalue weighted by molar-refractivity contribution is -0.670. The first-order chi connectivity index (χ1) is 6.11. The highest BCUT2D eigenvalue weighted by atomic mass is 31.1. The fraction of sp³-hybridized carbons (Fsp3) is 0.500. The zero-order valence-corrected chi connectivity index (χ0v) is 8.56. The minimum atomic E-state index is -0.857. The van der Waals surface area contributed by atoms with E-state index in [0.29, 0.717) is 5.31 Å². The van der Waals surface area contributed by atoms with Crippen molar-refractivity contribution in [1.82, 2.24) is 0 Å². The molecule has 0 radical (unpaired) electrons. The van der Waals surface area contributed by atoms with Crippen molar-refractivity contribution in [1.29, 1.82) is 0 Å². The quantitative estimate of drug-likeness (QED) is 0.392. The second-order valence-electron chi connectivity index (χ2n) is 2.72. The Morgan fingerprint density at radius 2 is 1.92 bits per heavy atom. The van der Waals surface area contributed by atoms with E-state index < -0.39 is 24.8 Å². The lowest BCUT2D eigenvalue weighted by atomic mass is 10.5. The van der Waals surface area contributed by atoms with Crippen molar-refractivity contribution in [2.75, 3.05) is 12.3 Å². The Morgan fingerprint density at radius 1 is 1.38 bits per heavy atom. The van der Waals surface area contributed by atoms with Gasteiger partial charge in [-0.05, 0) is 12.3 Å². The van der Waals surface area contributed by atoms with Crippen LogP contribution in [0.25, 0.3) is 0 Å². The molecular weight excluding hydrogens is 189 g/mol. The number of quaternary nitrogens is 1. The molecule has 4 nitrogen and oxygen atoms in total. The van der Waals surface area contributed by atoms with Gasteiger partial charge in [0.2, 0.25) is 0 Å². The van der Waals surface area contributed by atoms with E-state index in [4.69, 9.17) is 0 Å². The third kappa shape index (κ3) is 1.85. The largest absolute Gasteiger partial charge is 0.619 e. The number of hydrogen-bond acceptors (Lipinski definition) is 3. The molecule has 0 bridgehead atoms. The van der Waals surface area contributed by atoms with Crippen molar-refractivity contribution in [3.8, 4) is 0 Å². The molecule has 0 spiro atoms. The normalized spacial score (nSPS) is 22.8. The van der Waals surface area contributed by atoms with Gasteiger partial charge >= 0.3 is 11.8 Å². The lowest BCUT2D eigenvalue weighted by Gasteiger charge is -2.14. The first-order valence-corrected chi connectivity index (χ1v) is 5.92. The van der Waals surface area contributed by atoms with Crippen LogP contribution in [-0.2, 0) is 9.59 Å². The van der Waals surface area contributed by atoms with Crippen LogP contribution < -0.4 is 5.06 Å². The Labute approximate surface area is 77.9 Å². The summed E-state index contributed by atoms with van der Waals surface area (Å²) in [5.41, 5.74) is 0. The zero-order valence-electron chi connectivity index (χ0n) is 7.66. The van der Waals surface area contributed by atoms with Gasteiger partial charge in [0, 0.05) is 0 Å². The SMILES string of the molecule is CCP(CC)C1=CC(=O)[NH+]([O-])C1=O. The number of nitrogens with one attached hydrogen (secondary N) is 1. The molecule has 1 aliphatic heterocycles. The molecule has 1 unspecified atom stereocenters. The van der Waals surface area contributed by atoms with Gasteiger partial charge in [0.15, 0.2) is 0 Å². The summed E-state index contributed by atoms with van der Waals surface area (Å²) in [7, 11) is -0.580. The highest BCUT2D eigenvalue weighted by molar-refractivity contribution is 7.63. The number of rotatable bonds is 3. The Kier molecular flexibility index (Phi) is 3.31. The fourth-order valence-corrected chi connectivity index (χ4v) is 3.10. The molecule has 13 heavy (non-hydrogen) atoms. The maximum atomic E-state index is 11.3. The van der Waals surface area contributed by atoms with E-state index >= 15 is 0 Å². The van der Waals surface area contributed by atoms with Gasteiger partial charge in [-0.15, -0.1) is 0 Å². The molecular formula is C8H12NO3P. The van der Waals surface area contributed by atoms with Crippen molar-refractivity contribution < 1.29 is 14.7 Å². The van der Waals surface area contributed by atoms with E-state index in [0.717, 1.165) is 12.3 Å². The Bertz CT molecular complexity index is 271. The molecule has 0 saturated heterocycles. The standard InChI is InChI=1S/C8H12NO3P/c1-3-13(4-2)6-5-7(10)9(12)8(6)11/h5,9H,3-4H2,1-2H3. The van der Waals surface area contributed by atoms with Gasteiger partial charge in [0.05, 0.1) is 11.4 Å². The molecule has 0 aliphatic carbocycles. The maximum absolute atomic E-state index is 11.3. The van der Waals surface area contributed by atoms with Crippen molar-refractivity contribution in [2.45, 2.75) is 13.8 Å². The fourth-order valence-electron chi connectivity index (χ4n) is 1.28. The number of hydroxylamine groups is 2. The van der Waals surface area contributed by atoms with Gasteiger partial charge in [-0.2, -0.15) is 0 Å². The minimum absolute atomic E-state index is 0.468. The topological polar surface area (TPSA) is 61.6 Å². The third-order valence-corrected chi connectivity index (χ3v) is 4.58. The van der Waals surface area contributed by atoms with E-state index in [2.05, 4.69) is 0 Å². The Morgan fingerprint density at radius 3 is 2.23 bits per heavy atom. The van der Waals surface area contributed by atoms with Crippen molar-refractivity contribution in [3.05, 3.63) is 16.6 Å². The van der Waals surface area contributed by atoms with Crippen molar-refractivity contribution in [3.63, 3.8) is 0 Å². The summed E-state index contributed by atoms with van der Waals surface area (Å²) < 4.78 is 0. The van der Waals surface area contributed by atoms with E-state index in [1.165, 1.54) is 6.08 Å². The molecule has 1 N–H and O–H groups in total. The second-order valence-corrected chi connectivity index (χ2v) is 5.55. The summed E-state index contributed by atoms with van der Waals surface area (Å²) in [6, 6.07) is 0. The molecule has 72 valence electrons. The summed E-state index contributed by atoms with van der Waals surface area (Å²) in [6.45, 7) is 3.94. The van der Waals surface area contributed by atoms with Gasteiger partial charge in [-0.3, -0.25) is 0 Å². The number of carbonyl (C=O) groups is 2. The maximum Gasteiger partial charge on any atom is 0.352 e. The predicted octanol–water partition coefficient (Wildman–Crippen LogP) is -0.159. The van der Waals surface area contributed by atoms with Gasteiger partial charge < -0.3 is 5.21 Å². The molecule has 0 saturated carbocycles. The molecule has 0 fully saturated rings. The molecule has 0 aromatic carbocycles. The van der Waals surface area contributed by atoms with E-state index in [1.807, 2.05) is 13.8 Å². The van der Waals surface area contributed by atoms with Crippen LogP contribution in [0.15, 0.2) is 11.4 Å². The smallest absolute Gasteiger partial charge is 0.352 e. The van der Waals surface area contributed by atoms with Gasteiger partial charge in [-0.25, -0.2) is 14.7 Å². The third-order valence-electron chi connectivity index (χ3n) is 2.03. The molecule has 1 rings (SSSR count). The van der Waals surface area contributed by atoms with Crippen LogP contribution in [0, 0.1) is 5.21 Å². The van der Waals surface area contributed by atoms with Crippen LogP contribution in [0.4, 0.5) is 0 Å². The molecule has 5 heteroatoms. The van der Waals surface area contributed by atoms with Crippen LogP contribution in [0.5, 0.6) is 0 Å². The van der Waals surface area contributed by atoms with Gasteiger partial charge in [0.25, 0.3) is 0 Å². The highest BCUT2D eigenvalue weighted by Crippen LogP contribution is 2.44. The van der Waals surface area contributed by atoms with Crippen LogP contribution in [0.2, 0.25) is 0 Å². The first-order valence-electron chi connectivity index (χ1n) is 4.21. The molecule has 1 atom stereocenters. The summed E-state index contributed by atoms with van der Waals surface area (Å²) in [5, 5.41) is 10.5. The molecule has 1 heterocycles. The zero-order chi connectivity index (χ0) is 10.0. The van der Waals surface area contributed by atoms with Crippen LogP contribution in [-0.4, -0.2) is 24.1 Å². The summed E-state index contributed by atoms with van der Waals surface area (Å²) in [4.78, 5) is 22.1. The number of amides is 2. The Balaban J connectivity index is 2.87. The van der Waals surface area contributed by atoms with Crippen molar-refractivity contribution >= 4 is 19.7 Å². The number of hydrogen-bond donors (Lipinski definition) is 1. The average molecular weight is 201 g/mol. The molecule has 2 amide bonds. The van der Waals surface area contributed by atoms with Crippen LogP contribution in [0.1, 0.15) is 13.8 Å². The molecule has 0 aromatic rings. The summed E-state index contributed by atoms with van der Waals surface area (Å²) in [5.74, 6) is -1.21. The van der Waals surface area contributed by atoms with Crippen LogP contribution >= 0.6 is 7.92 Å².